The van der Waals surface area contributed by atoms with Gasteiger partial charge in [-0.05, 0) is 30.7 Å². The van der Waals surface area contributed by atoms with Gasteiger partial charge in [-0.15, -0.1) is 11.3 Å². The molecule has 22 heavy (non-hydrogen) atoms. The molecule has 1 heterocycles. The number of thiazole rings is 1. The van der Waals surface area contributed by atoms with Crippen molar-refractivity contribution in [2.75, 3.05) is 5.32 Å². The van der Waals surface area contributed by atoms with E-state index >= 15 is 0 Å². The van der Waals surface area contributed by atoms with Gasteiger partial charge in [-0.1, -0.05) is 17.7 Å². The monoisotopic (exact) mass is 346 g/mol. The molecule has 0 aliphatic heterocycles. The number of hydrogen-bond donors (Lipinski definition) is 1. The number of nitrogens with one attached hydrogen (secondary N) is 1. The maximum absolute atomic E-state index is 12.7. The van der Waals surface area contributed by atoms with E-state index in [1.807, 2.05) is 6.92 Å². The Morgan fingerprint density at radius 2 is 2.14 bits per heavy atom. The fourth-order valence-corrected chi connectivity index (χ4v) is 2.49. The summed E-state index contributed by atoms with van der Waals surface area (Å²) in [4.78, 5) is 16.6. The third-order valence-corrected chi connectivity index (χ3v) is 3.73. The average molecular weight is 347 g/mol. The van der Waals surface area contributed by atoms with Crippen molar-refractivity contribution in [2.45, 2.75) is 13.1 Å². The Kier molecular flexibility index (Phi) is 4.87. The summed E-state index contributed by atoms with van der Waals surface area (Å²) in [5.74, 6) is -0.474. The first-order valence-corrected chi connectivity index (χ1v) is 7.23. The highest BCUT2D eigenvalue weighted by molar-refractivity contribution is 7.15. The zero-order valence-corrected chi connectivity index (χ0v) is 12.8. The molecule has 1 aromatic carbocycles. The van der Waals surface area contributed by atoms with Gasteiger partial charge in [0.05, 0.1) is 10.6 Å². The minimum atomic E-state index is -4.54. The maximum Gasteiger partial charge on any atom is 0.417 e. The van der Waals surface area contributed by atoms with Crippen LogP contribution in [0.4, 0.5) is 18.3 Å². The molecule has 0 aliphatic carbocycles. The number of carbonyl (C=O) groups excluding carboxylic acids is 1. The summed E-state index contributed by atoms with van der Waals surface area (Å²) >= 11 is 6.83. The SMILES string of the molecule is Cc1cnc(NC(=O)C=Cc2ccc(Cl)c(C(F)(F)F)c2)s1. The van der Waals surface area contributed by atoms with Gasteiger partial charge in [-0.2, -0.15) is 13.2 Å². The molecule has 2 rings (SSSR count). The summed E-state index contributed by atoms with van der Waals surface area (Å²) in [7, 11) is 0. The van der Waals surface area contributed by atoms with Crippen LogP contribution in [0, 0.1) is 6.92 Å². The zero-order valence-electron chi connectivity index (χ0n) is 11.2. The van der Waals surface area contributed by atoms with Crippen LogP contribution >= 0.6 is 22.9 Å². The second-order valence-electron chi connectivity index (χ2n) is 4.34. The molecule has 0 fully saturated rings. The van der Waals surface area contributed by atoms with Crippen LogP contribution in [0.2, 0.25) is 5.02 Å². The third-order valence-electron chi connectivity index (χ3n) is 2.57. The van der Waals surface area contributed by atoms with E-state index in [-0.39, 0.29) is 10.6 Å². The summed E-state index contributed by atoms with van der Waals surface area (Å²) in [5.41, 5.74) is -0.713. The number of hydrogen-bond acceptors (Lipinski definition) is 3. The Bertz CT molecular complexity index is 725. The van der Waals surface area contributed by atoms with Crippen LogP contribution < -0.4 is 5.32 Å². The van der Waals surface area contributed by atoms with Crippen molar-refractivity contribution in [3.63, 3.8) is 0 Å². The van der Waals surface area contributed by atoms with Gasteiger partial charge in [-0.25, -0.2) is 4.98 Å². The quantitative estimate of drug-likeness (QED) is 0.813. The van der Waals surface area contributed by atoms with Crippen LogP contribution in [0.1, 0.15) is 16.0 Å². The van der Waals surface area contributed by atoms with E-state index in [2.05, 4.69) is 10.3 Å². The van der Waals surface area contributed by atoms with E-state index in [1.165, 1.54) is 23.5 Å². The molecule has 0 atom stereocenters. The fraction of sp³-hybridized carbons (Fsp3) is 0.143. The minimum Gasteiger partial charge on any atom is -0.298 e. The molecule has 116 valence electrons. The van der Waals surface area contributed by atoms with Crippen LogP contribution in [0.25, 0.3) is 6.08 Å². The van der Waals surface area contributed by atoms with Gasteiger partial charge in [0, 0.05) is 17.2 Å². The van der Waals surface area contributed by atoms with Crippen molar-refractivity contribution in [2.24, 2.45) is 0 Å². The standard InChI is InChI=1S/C14H10ClF3N2OS/c1-8-7-19-13(22-8)20-12(21)5-3-9-2-4-11(15)10(6-9)14(16,17)18/h2-7H,1H3,(H,19,20,21). The van der Waals surface area contributed by atoms with E-state index in [1.54, 1.807) is 6.20 Å². The van der Waals surface area contributed by atoms with Gasteiger partial charge in [0.2, 0.25) is 5.91 Å². The number of rotatable bonds is 3. The molecule has 1 N–H and O–H groups in total. The van der Waals surface area contributed by atoms with Gasteiger partial charge in [0.1, 0.15) is 0 Å². The Morgan fingerprint density at radius 1 is 1.41 bits per heavy atom. The normalized spacial score (nSPS) is 11.9. The highest BCUT2D eigenvalue weighted by atomic mass is 35.5. The number of aromatic nitrogens is 1. The lowest BCUT2D eigenvalue weighted by Gasteiger charge is -2.09. The van der Waals surface area contributed by atoms with E-state index in [9.17, 15) is 18.0 Å². The van der Waals surface area contributed by atoms with Crippen LogP contribution in [0.3, 0.4) is 0 Å². The molecule has 0 spiro atoms. The first kappa shape index (κ1) is 16.5. The second-order valence-corrected chi connectivity index (χ2v) is 5.98. The van der Waals surface area contributed by atoms with Crippen molar-refractivity contribution in [3.05, 3.63) is 51.5 Å². The van der Waals surface area contributed by atoms with Gasteiger partial charge in [-0.3, -0.25) is 10.1 Å². The first-order chi connectivity index (χ1) is 10.3. The lowest BCUT2D eigenvalue weighted by atomic mass is 10.1. The predicted octanol–water partition coefficient (Wildman–Crippen LogP) is 4.78. The number of amides is 1. The Balaban J connectivity index is 2.11. The number of carbonyl (C=O) groups is 1. The van der Waals surface area contributed by atoms with Crippen molar-refractivity contribution >= 4 is 40.1 Å². The molecule has 0 aliphatic rings. The fourth-order valence-electron chi connectivity index (χ4n) is 1.60. The first-order valence-electron chi connectivity index (χ1n) is 6.04. The van der Waals surface area contributed by atoms with Gasteiger partial charge < -0.3 is 0 Å². The highest BCUT2D eigenvalue weighted by Crippen LogP contribution is 2.35. The molecule has 2 aromatic rings. The van der Waals surface area contributed by atoms with E-state index in [4.69, 9.17) is 11.6 Å². The number of benzene rings is 1. The minimum absolute atomic E-state index is 0.224. The van der Waals surface area contributed by atoms with Crippen molar-refractivity contribution in [1.82, 2.24) is 4.98 Å². The largest absolute Gasteiger partial charge is 0.417 e. The summed E-state index contributed by atoms with van der Waals surface area (Å²) < 4.78 is 38.2. The van der Waals surface area contributed by atoms with Gasteiger partial charge in [0.15, 0.2) is 5.13 Å². The second kappa shape index (κ2) is 6.50. The third kappa shape index (κ3) is 4.32. The molecule has 0 bridgehead atoms. The summed E-state index contributed by atoms with van der Waals surface area (Å²) in [6.07, 6.45) is -0.512. The summed E-state index contributed by atoms with van der Waals surface area (Å²) in [5, 5.41) is 2.57. The average Bonchev–Trinajstić information content (AvgIpc) is 2.82. The molecule has 8 heteroatoms. The summed E-state index contributed by atoms with van der Waals surface area (Å²) in [6, 6.07) is 3.43. The molecule has 0 saturated carbocycles. The van der Waals surface area contributed by atoms with Crippen molar-refractivity contribution < 1.29 is 18.0 Å². The molecule has 0 saturated heterocycles. The van der Waals surface area contributed by atoms with Crippen LogP contribution in [-0.2, 0) is 11.0 Å². The number of aryl methyl sites for hydroxylation is 1. The van der Waals surface area contributed by atoms with Crippen LogP contribution in [0.5, 0.6) is 0 Å². The van der Waals surface area contributed by atoms with Gasteiger partial charge >= 0.3 is 6.18 Å². The van der Waals surface area contributed by atoms with Crippen LogP contribution in [0.15, 0.2) is 30.5 Å². The lowest BCUT2D eigenvalue weighted by Crippen LogP contribution is -2.07. The Labute approximate surface area is 133 Å². The van der Waals surface area contributed by atoms with Crippen LogP contribution in [-0.4, -0.2) is 10.9 Å². The molecule has 1 aromatic heterocycles. The van der Waals surface area contributed by atoms with E-state index < -0.39 is 17.6 Å². The zero-order chi connectivity index (χ0) is 16.3. The predicted molar refractivity (Wildman–Crippen MR) is 81.0 cm³/mol. The number of halogens is 4. The molecule has 0 unspecified atom stereocenters. The number of nitrogens with zero attached hydrogens (tertiary/aromatic N) is 1. The topological polar surface area (TPSA) is 42.0 Å². The van der Waals surface area contributed by atoms with Crippen molar-refractivity contribution in [1.29, 1.82) is 0 Å². The summed E-state index contributed by atoms with van der Waals surface area (Å²) in [6.45, 7) is 1.84. The molecule has 1 amide bonds. The Hall–Kier alpha value is -1.86. The molecule has 0 radical (unpaired) electrons. The van der Waals surface area contributed by atoms with Crippen molar-refractivity contribution in [3.8, 4) is 0 Å². The Morgan fingerprint density at radius 3 is 2.73 bits per heavy atom. The van der Waals surface area contributed by atoms with Gasteiger partial charge in [0.25, 0.3) is 0 Å². The van der Waals surface area contributed by atoms with E-state index in [0.717, 1.165) is 23.1 Å². The van der Waals surface area contributed by atoms with E-state index in [0.29, 0.717) is 5.13 Å². The highest BCUT2D eigenvalue weighted by Gasteiger charge is 2.33. The number of anilines is 1. The molecular formula is C14H10ClF3N2OS. The maximum atomic E-state index is 12.7. The lowest BCUT2D eigenvalue weighted by molar-refractivity contribution is -0.137. The molecular weight excluding hydrogens is 337 g/mol. The number of alkyl halides is 3. The molecule has 3 nitrogen and oxygen atoms in total. The smallest absolute Gasteiger partial charge is 0.298 e.